The summed E-state index contributed by atoms with van der Waals surface area (Å²) in [5, 5.41) is 3.68. The molecule has 104 valence electrons. The van der Waals surface area contributed by atoms with E-state index < -0.39 is 0 Å². The van der Waals surface area contributed by atoms with Gasteiger partial charge in [-0.05, 0) is 51.8 Å². The number of piperidine rings is 1. The summed E-state index contributed by atoms with van der Waals surface area (Å²) in [6, 6.07) is 3.45. The second-order valence-electron chi connectivity index (χ2n) is 5.83. The fourth-order valence-electron chi connectivity index (χ4n) is 3.51. The molecular formula is C15H24N4. The number of aryl methyl sites for hydroxylation is 1. The molecule has 0 spiro atoms. The van der Waals surface area contributed by atoms with Gasteiger partial charge in [0.1, 0.15) is 5.82 Å². The van der Waals surface area contributed by atoms with E-state index in [1.54, 1.807) is 0 Å². The van der Waals surface area contributed by atoms with Crippen molar-refractivity contribution in [1.29, 1.82) is 0 Å². The molecule has 2 unspecified atom stereocenters. The molecule has 0 bridgehead atoms. The SMILES string of the molecule is Cc1nccc(CN2CCCCC2C2CCCN2)n1. The van der Waals surface area contributed by atoms with E-state index in [4.69, 9.17) is 0 Å². The molecule has 2 atom stereocenters. The topological polar surface area (TPSA) is 41.1 Å². The lowest BCUT2D eigenvalue weighted by Gasteiger charge is -2.39. The number of nitrogens with one attached hydrogen (secondary N) is 1. The number of hydrogen-bond acceptors (Lipinski definition) is 4. The Labute approximate surface area is 115 Å². The molecule has 2 aliphatic heterocycles. The third-order valence-electron chi connectivity index (χ3n) is 4.43. The molecule has 0 aliphatic carbocycles. The quantitative estimate of drug-likeness (QED) is 0.901. The summed E-state index contributed by atoms with van der Waals surface area (Å²) in [6.45, 7) is 5.36. The molecule has 3 heterocycles. The van der Waals surface area contributed by atoms with E-state index in [0.717, 1.165) is 18.1 Å². The standard InChI is InChI=1S/C15H24N4/c1-12-16-9-7-13(18-12)11-19-10-3-2-6-15(19)14-5-4-8-17-14/h7,9,14-15,17H,2-6,8,10-11H2,1H3. The maximum absolute atomic E-state index is 4.56. The van der Waals surface area contributed by atoms with Gasteiger partial charge in [-0.15, -0.1) is 0 Å². The smallest absolute Gasteiger partial charge is 0.125 e. The summed E-state index contributed by atoms with van der Waals surface area (Å²) in [4.78, 5) is 11.4. The average Bonchev–Trinajstić information content (AvgIpc) is 2.93. The molecule has 4 nitrogen and oxygen atoms in total. The molecule has 0 saturated carbocycles. The van der Waals surface area contributed by atoms with Gasteiger partial charge in [0, 0.05) is 24.8 Å². The summed E-state index contributed by atoms with van der Waals surface area (Å²) in [5.74, 6) is 0.880. The van der Waals surface area contributed by atoms with Crippen LogP contribution < -0.4 is 5.32 Å². The molecule has 2 aliphatic rings. The van der Waals surface area contributed by atoms with Gasteiger partial charge in [0.15, 0.2) is 0 Å². The Morgan fingerprint density at radius 2 is 2.26 bits per heavy atom. The van der Waals surface area contributed by atoms with E-state index in [1.165, 1.54) is 45.2 Å². The lowest BCUT2D eigenvalue weighted by Crippen LogP contribution is -2.49. The van der Waals surface area contributed by atoms with Gasteiger partial charge in [0.2, 0.25) is 0 Å². The summed E-state index contributed by atoms with van der Waals surface area (Å²) in [6.07, 6.45) is 8.59. The van der Waals surface area contributed by atoms with Gasteiger partial charge in [0.25, 0.3) is 0 Å². The highest BCUT2D eigenvalue weighted by Gasteiger charge is 2.31. The van der Waals surface area contributed by atoms with E-state index in [1.807, 2.05) is 13.1 Å². The van der Waals surface area contributed by atoms with E-state index in [-0.39, 0.29) is 0 Å². The van der Waals surface area contributed by atoms with E-state index in [9.17, 15) is 0 Å². The van der Waals surface area contributed by atoms with Crippen molar-refractivity contribution in [2.75, 3.05) is 13.1 Å². The van der Waals surface area contributed by atoms with E-state index >= 15 is 0 Å². The van der Waals surface area contributed by atoms with Gasteiger partial charge in [-0.25, -0.2) is 9.97 Å². The van der Waals surface area contributed by atoms with Crippen LogP contribution in [-0.2, 0) is 6.54 Å². The first-order valence-corrected chi connectivity index (χ1v) is 7.59. The number of likely N-dealkylation sites (tertiary alicyclic amines) is 1. The summed E-state index contributed by atoms with van der Waals surface area (Å²) >= 11 is 0. The first-order valence-electron chi connectivity index (χ1n) is 7.59. The molecule has 2 saturated heterocycles. The van der Waals surface area contributed by atoms with Gasteiger partial charge in [-0.1, -0.05) is 6.42 Å². The number of hydrogen-bond donors (Lipinski definition) is 1. The number of rotatable bonds is 3. The predicted octanol–water partition coefficient (Wildman–Crippen LogP) is 1.89. The second kappa shape index (κ2) is 5.97. The van der Waals surface area contributed by atoms with Gasteiger partial charge < -0.3 is 5.32 Å². The van der Waals surface area contributed by atoms with Crippen LogP contribution in [0.25, 0.3) is 0 Å². The van der Waals surface area contributed by atoms with Crippen molar-refractivity contribution in [3.8, 4) is 0 Å². The van der Waals surface area contributed by atoms with Crippen LogP contribution in [0.4, 0.5) is 0 Å². The highest BCUT2D eigenvalue weighted by atomic mass is 15.2. The molecule has 0 radical (unpaired) electrons. The predicted molar refractivity (Wildman–Crippen MR) is 75.8 cm³/mol. The monoisotopic (exact) mass is 260 g/mol. The third kappa shape index (κ3) is 3.12. The fraction of sp³-hybridized carbons (Fsp3) is 0.733. The first-order chi connectivity index (χ1) is 9.33. The van der Waals surface area contributed by atoms with Crippen LogP contribution in [0.5, 0.6) is 0 Å². The molecule has 2 fully saturated rings. The molecule has 0 aromatic carbocycles. The highest BCUT2D eigenvalue weighted by Crippen LogP contribution is 2.25. The molecule has 1 aromatic rings. The molecule has 4 heteroatoms. The van der Waals surface area contributed by atoms with Gasteiger partial charge in [-0.3, -0.25) is 4.90 Å². The minimum atomic E-state index is 0.697. The van der Waals surface area contributed by atoms with Gasteiger partial charge in [-0.2, -0.15) is 0 Å². The van der Waals surface area contributed by atoms with Crippen LogP contribution in [0.1, 0.15) is 43.6 Å². The van der Waals surface area contributed by atoms with Crippen LogP contribution in [0.3, 0.4) is 0 Å². The third-order valence-corrected chi connectivity index (χ3v) is 4.43. The van der Waals surface area contributed by atoms with Crippen LogP contribution in [0, 0.1) is 6.92 Å². The maximum Gasteiger partial charge on any atom is 0.125 e. The number of nitrogens with zero attached hydrogens (tertiary/aromatic N) is 3. The Balaban J connectivity index is 1.69. The van der Waals surface area contributed by atoms with Crippen molar-refractivity contribution >= 4 is 0 Å². The Morgan fingerprint density at radius 3 is 3.05 bits per heavy atom. The average molecular weight is 260 g/mol. The Hall–Kier alpha value is -1.00. The molecule has 3 rings (SSSR count). The van der Waals surface area contributed by atoms with Crippen LogP contribution in [0.15, 0.2) is 12.3 Å². The second-order valence-corrected chi connectivity index (χ2v) is 5.83. The van der Waals surface area contributed by atoms with E-state index in [0.29, 0.717) is 12.1 Å². The minimum absolute atomic E-state index is 0.697. The van der Waals surface area contributed by atoms with Crippen molar-refractivity contribution in [2.45, 2.75) is 57.7 Å². The highest BCUT2D eigenvalue weighted by molar-refractivity contribution is 5.03. The fourth-order valence-corrected chi connectivity index (χ4v) is 3.51. The molecular weight excluding hydrogens is 236 g/mol. The van der Waals surface area contributed by atoms with Crippen molar-refractivity contribution in [2.24, 2.45) is 0 Å². The zero-order chi connectivity index (χ0) is 13.1. The van der Waals surface area contributed by atoms with Crippen LogP contribution in [0.2, 0.25) is 0 Å². The Bertz CT molecular complexity index is 414. The van der Waals surface area contributed by atoms with Gasteiger partial charge >= 0.3 is 0 Å². The zero-order valence-corrected chi connectivity index (χ0v) is 11.8. The summed E-state index contributed by atoms with van der Waals surface area (Å²) in [7, 11) is 0. The van der Waals surface area contributed by atoms with E-state index in [2.05, 4.69) is 26.3 Å². The lowest BCUT2D eigenvalue weighted by molar-refractivity contribution is 0.111. The molecule has 1 N–H and O–H groups in total. The van der Waals surface area contributed by atoms with Crippen molar-refractivity contribution < 1.29 is 0 Å². The Morgan fingerprint density at radius 1 is 1.32 bits per heavy atom. The van der Waals surface area contributed by atoms with Gasteiger partial charge in [0.05, 0.1) is 5.69 Å². The van der Waals surface area contributed by atoms with Crippen LogP contribution >= 0.6 is 0 Å². The minimum Gasteiger partial charge on any atom is -0.312 e. The molecule has 1 aromatic heterocycles. The summed E-state index contributed by atoms with van der Waals surface area (Å²) < 4.78 is 0. The Kier molecular flexibility index (Phi) is 4.09. The van der Waals surface area contributed by atoms with Crippen molar-refractivity contribution in [1.82, 2.24) is 20.2 Å². The summed E-state index contributed by atoms with van der Waals surface area (Å²) in [5.41, 5.74) is 1.16. The zero-order valence-electron chi connectivity index (χ0n) is 11.8. The van der Waals surface area contributed by atoms with Crippen molar-refractivity contribution in [3.63, 3.8) is 0 Å². The van der Waals surface area contributed by atoms with Crippen molar-refractivity contribution in [3.05, 3.63) is 23.8 Å². The maximum atomic E-state index is 4.56. The lowest BCUT2D eigenvalue weighted by atomic mass is 9.94. The first kappa shape index (κ1) is 13.0. The normalized spacial score (nSPS) is 28.7. The van der Waals surface area contributed by atoms with Crippen LogP contribution in [-0.4, -0.2) is 40.0 Å². The molecule has 19 heavy (non-hydrogen) atoms. The largest absolute Gasteiger partial charge is 0.312 e. The number of aromatic nitrogens is 2. The molecule has 0 amide bonds.